The fourth-order valence-electron chi connectivity index (χ4n) is 11.6. The van der Waals surface area contributed by atoms with Crippen molar-refractivity contribution in [2.75, 3.05) is 0 Å². The van der Waals surface area contributed by atoms with Crippen LogP contribution in [0.5, 0.6) is 0 Å². The molecule has 0 spiro atoms. The lowest BCUT2D eigenvalue weighted by Gasteiger charge is -2.63. The van der Waals surface area contributed by atoms with Gasteiger partial charge >= 0.3 is 0 Å². The van der Waals surface area contributed by atoms with E-state index >= 15 is 0 Å². The fraction of sp³-hybridized carbons (Fsp3) is 0.308. The first kappa shape index (κ1) is 35.5. The zero-order chi connectivity index (χ0) is 39.0. The summed E-state index contributed by atoms with van der Waals surface area (Å²) in [5.74, 6) is 0.230. The van der Waals surface area contributed by atoms with Crippen LogP contribution >= 0.6 is 22.2 Å². The molecule has 276 valence electrons. The number of hydrogen-bond donors (Lipinski definition) is 0. The first-order valence-electron chi connectivity index (χ1n) is 20.0. The van der Waals surface area contributed by atoms with E-state index in [1.165, 1.54) is 134 Å². The zero-order valence-corrected chi connectivity index (χ0v) is 36.9. The van der Waals surface area contributed by atoms with Crippen molar-refractivity contribution in [1.82, 2.24) is 0 Å². The van der Waals surface area contributed by atoms with E-state index in [9.17, 15) is 22.2 Å². The summed E-state index contributed by atoms with van der Waals surface area (Å²) in [7, 11) is 0. The summed E-state index contributed by atoms with van der Waals surface area (Å²) in [4.78, 5) is 0. The van der Waals surface area contributed by atoms with E-state index in [2.05, 4.69) is 156 Å². The third-order valence-electron chi connectivity index (χ3n) is 15.2. The van der Waals surface area contributed by atoms with E-state index in [0.717, 1.165) is 0 Å². The molecule has 6 aromatic rings. The highest BCUT2D eigenvalue weighted by Crippen LogP contribution is 2.73. The maximum Gasteiger partial charge on any atom is 0.288 e. The second-order valence-corrected chi connectivity index (χ2v) is 24.7. The molecule has 55 heavy (non-hydrogen) atoms. The molecule has 0 unspecified atom stereocenters. The summed E-state index contributed by atoms with van der Waals surface area (Å²) in [6.45, 7) is 23.3. The average Bonchev–Trinajstić information content (AvgIpc) is 3.11. The van der Waals surface area contributed by atoms with Gasteiger partial charge in [-0.05, 0) is 217 Å². The molecule has 12 rings (SSSR count). The molecule has 0 aromatic heterocycles. The Bertz CT molecular complexity index is 2300. The molecule has 0 fully saturated rings. The number of benzene rings is 6. The van der Waals surface area contributed by atoms with Crippen molar-refractivity contribution in [2.45, 2.75) is 105 Å². The van der Waals surface area contributed by atoms with Crippen LogP contribution in [-0.2, 0) is 10.1 Å². The number of rotatable bonds is 2. The van der Waals surface area contributed by atoms with Gasteiger partial charge in [-0.1, -0.05) is 72.8 Å². The minimum Gasteiger partial charge on any atom is -0.143 e. The Morgan fingerprint density at radius 2 is 0.436 bits per heavy atom. The maximum absolute atomic E-state index is 9.28. The molecular formula is C52H50Cl2Si. The third-order valence-corrected chi connectivity index (χ3v) is 22.1. The van der Waals surface area contributed by atoms with Gasteiger partial charge in [0.1, 0.15) is 0 Å². The SMILES string of the molecule is Cc1cc2c(cc1C)C1([Si](Cl)(Cl)C34c5cc(C)c(C)cc5C(c5cc(C)c(C)cc53)c3cc(C)c(C)cc34)c3cc(C)c(C)cc3C2c2cc(C)c(C)cc21. The lowest BCUT2D eigenvalue weighted by Crippen LogP contribution is -2.69. The lowest BCUT2D eigenvalue weighted by molar-refractivity contribution is 0.627. The van der Waals surface area contributed by atoms with Gasteiger partial charge in [0, 0.05) is 11.8 Å². The van der Waals surface area contributed by atoms with E-state index in [4.69, 9.17) is 0 Å². The summed E-state index contributed by atoms with van der Waals surface area (Å²) in [5.41, 5.74) is 31.7. The summed E-state index contributed by atoms with van der Waals surface area (Å²) in [5, 5.41) is -1.60. The van der Waals surface area contributed by atoms with Crippen LogP contribution in [-0.4, -0.2) is 6.69 Å². The quantitative estimate of drug-likeness (QED) is 0.121. The molecule has 0 saturated carbocycles. The number of aryl methyl sites for hydroxylation is 12. The number of halogens is 2. The van der Waals surface area contributed by atoms with E-state index in [-0.39, 0.29) is 11.8 Å². The largest absolute Gasteiger partial charge is 0.288 e. The summed E-state index contributed by atoms with van der Waals surface area (Å²) >= 11 is 18.6. The smallest absolute Gasteiger partial charge is 0.143 e. The molecule has 4 bridgehead atoms. The van der Waals surface area contributed by atoms with Crippen molar-refractivity contribution in [2.24, 2.45) is 0 Å². The first-order chi connectivity index (χ1) is 26.0. The van der Waals surface area contributed by atoms with Crippen molar-refractivity contribution in [3.8, 4) is 0 Å². The Balaban J connectivity index is 1.50. The van der Waals surface area contributed by atoms with Gasteiger partial charge in [0.2, 0.25) is 0 Å². The first-order valence-corrected chi connectivity index (χ1v) is 24.1. The summed E-state index contributed by atoms with van der Waals surface area (Å²) in [6.07, 6.45) is 0. The van der Waals surface area contributed by atoms with Crippen molar-refractivity contribution in [3.05, 3.63) is 206 Å². The molecule has 0 nitrogen and oxygen atoms in total. The predicted molar refractivity (Wildman–Crippen MR) is 235 cm³/mol. The van der Waals surface area contributed by atoms with Crippen LogP contribution in [0.15, 0.2) is 72.8 Å². The second-order valence-electron chi connectivity index (χ2n) is 18.1. The van der Waals surface area contributed by atoms with E-state index in [1.807, 2.05) is 0 Å². The van der Waals surface area contributed by atoms with Crippen molar-refractivity contribution >= 4 is 28.9 Å². The van der Waals surface area contributed by atoms with Gasteiger partial charge in [-0.15, -0.1) is 22.2 Å². The van der Waals surface area contributed by atoms with Crippen LogP contribution < -0.4 is 0 Å². The van der Waals surface area contributed by atoms with Crippen LogP contribution in [0.4, 0.5) is 0 Å². The molecule has 6 aromatic carbocycles. The van der Waals surface area contributed by atoms with Crippen LogP contribution in [0.1, 0.15) is 145 Å². The molecule has 0 amide bonds. The lowest BCUT2D eigenvalue weighted by atomic mass is 9.58. The molecule has 6 aliphatic rings. The fourth-order valence-corrected chi connectivity index (χ4v) is 19.1. The van der Waals surface area contributed by atoms with Crippen molar-refractivity contribution in [3.63, 3.8) is 0 Å². The van der Waals surface area contributed by atoms with E-state index in [0.29, 0.717) is 0 Å². The highest BCUT2D eigenvalue weighted by atomic mass is 35.7. The van der Waals surface area contributed by atoms with Gasteiger partial charge in [-0.25, -0.2) is 0 Å². The van der Waals surface area contributed by atoms with Gasteiger partial charge in [0.05, 0.1) is 10.1 Å². The van der Waals surface area contributed by atoms with Gasteiger partial charge in [-0.2, -0.15) is 0 Å². The molecule has 0 heterocycles. The second kappa shape index (κ2) is 11.2. The van der Waals surface area contributed by atoms with Crippen molar-refractivity contribution in [1.29, 1.82) is 0 Å². The zero-order valence-electron chi connectivity index (χ0n) is 34.3. The Morgan fingerprint density at radius 1 is 0.291 bits per heavy atom. The molecule has 3 heteroatoms. The number of hydrogen-bond acceptors (Lipinski definition) is 0. The summed E-state index contributed by atoms with van der Waals surface area (Å²) in [6, 6.07) is 29.9. The standard InChI is InChI=1S/C52H50Cl2Si/c1-25-13-37-43(19-31(25)7)51(44-20-32(8)26(2)14-38(44)49(37)39-15-27(3)33(9)21-45(39)51)55(53,54)52-46-22-34(10)28(4)16-40(46)50(41-17-29(5)35(11)23-47(41)52)42-18-30(6)36(12)24-48(42)52/h13-24,49-50H,1-12H3. The van der Waals surface area contributed by atoms with Crippen LogP contribution in [0.3, 0.4) is 0 Å². The Hall–Kier alpha value is -3.88. The molecular weight excluding hydrogens is 724 g/mol. The Kier molecular flexibility index (Phi) is 7.20. The molecule has 0 radical (unpaired) electrons. The van der Waals surface area contributed by atoms with Crippen LogP contribution in [0.25, 0.3) is 0 Å². The van der Waals surface area contributed by atoms with E-state index < -0.39 is 16.8 Å². The van der Waals surface area contributed by atoms with Gasteiger partial charge in [-0.3, -0.25) is 0 Å². The third kappa shape index (κ3) is 4.01. The minimum atomic E-state index is -3.93. The maximum atomic E-state index is 9.28. The molecule has 0 atom stereocenters. The van der Waals surface area contributed by atoms with Crippen LogP contribution in [0.2, 0.25) is 0 Å². The van der Waals surface area contributed by atoms with Crippen LogP contribution in [0, 0.1) is 83.1 Å². The average molecular weight is 774 g/mol. The minimum absolute atomic E-state index is 0.115. The van der Waals surface area contributed by atoms with E-state index in [1.54, 1.807) is 0 Å². The Labute approximate surface area is 338 Å². The Morgan fingerprint density at radius 3 is 0.600 bits per heavy atom. The van der Waals surface area contributed by atoms with Gasteiger partial charge < -0.3 is 0 Å². The molecule has 0 N–H and O–H groups in total. The molecule has 0 saturated heterocycles. The monoisotopic (exact) mass is 772 g/mol. The summed E-state index contributed by atoms with van der Waals surface area (Å²) < 4.78 is 0. The highest BCUT2D eigenvalue weighted by Gasteiger charge is 2.75. The van der Waals surface area contributed by atoms with Gasteiger partial charge in [0.15, 0.2) is 0 Å². The normalized spacial score (nSPS) is 22.1. The van der Waals surface area contributed by atoms with Crippen molar-refractivity contribution < 1.29 is 0 Å². The molecule has 0 aliphatic heterocycles. The molecule has 6 aliphatic carbocycles. The topological polar surface area (TPSA) is 0 Å². The highest BCUT2D eigenvalue weighted by molar-refractivity contribution is 7.48. The predicted octanol–water partition coefficient (Wildman–Crippen LogP) is 13.4. The van der Waals surface area contributed by atoms with Gasteiger partial charge in [0.25, 0.3) is 6.69 Å².